The third-order valence-corrected chi connectivity index (χ3v) is 8.25. The summed E-state index contributed by atoms with van der Waals surface area (Å²) in [5, 5.41) is 0. The Kier molecular flexibility index (Phi) is 5.98. The van der Waals surface area contributed by atoms with Gasteiger partial charge in [-0.3, -0.25) is 0 Å². The first-order valence-electron chi connectivity index (χ1n) is 10.9. The van der Waals surface area contributed by atoms with Crippen molar-refractivity contribution in [2.24, 2.45) is 23.7 Å². The Labute approximate surface area is 185 Å². The van der Waals surface area contributed by atoms with E-state index in [1.54, 1.807) is 0 Å². The van der Waals surface area contributed by atoms with Crippen LogP contribution in [0.25, 0.3) is 0 Å². The van der Waals surface area contributed by atoms with Crippen LogP contribution in [0.1, 0.15) is 61.4 Å². The summed E-state index contributed by atoms with van der Waals surface area (Å²) < 4.78 is 84.1. The van der Waals surface area contributed by atoms with Gasteiger partial charge in [0.05, 0.1) is 27.0 Å². The number of hydrogen-bond donors (Lipinski definition) is 0. The maximum absolute atomic E-state index is 13.7. The maximum atomic E-state index is 13.7. The van der Waals surface area contributed by atoms with Crippen LogP contribution in [0.15, 0.2) is 18.2 Å². The van der Waals surface area contributed by atoms with E-state index in [9.17, 15) is 30.9 Å². The number of carbonyl (C=O) groups excluding carboxylic acids is 1. The van der Waals surface area contributed by atoms with Crippen LogP contribution in [0.5, 0.6) is 5.75 Å². The Bertz CT molecular complexity index is 992. The van der Waals surface area contributed by atoms with Gasteiger partial charge in [-0.1, -0.05) is 13.3 Å². The molecule has 0 N–H and O–H groups in total. The normalized spacial score (nSPS) is 31.5. The number of hydrogen-bond acceptors (Lipinski definition) is 6. The molecule has 6 nitrogen and oxygen atoms in total. The molecule has 5 atom stereocenters. The van der Waals surface area contributed by atoms with Crippen molar-refractivity contribution in [3.05, 3.63) is 29.3 Å². The fourth-order valence-corrected chi connectivity index (χ4v) is 6.60. The molecular weight excluding hydrogens is 449 g/mol. The largest absolute Gasteiger partial charge is 0.748 e. The van der Waals surface area contributed by atoms with E-state index in [1.165, 1.54) is 6.42 Å². The third kappa shape index (κ3) is 4.35. The molecule has 3 fully saturated rings. The van der Waals surface area contributed by atoms with Gasteiger partial charge >= 0.3 is 12.1 Å². The van der Waals surface area contributed by atoms with E-state index < -0.39 is 51.5 Å². The van der Waals surface area contributed by atoms with Gasteiger partial charge in [-0.15, -0.1) is 0 Å². The number of ether oxygens (including phenoxy) is 2. The van der Waals surface area contributed by atoms with Gasteiger partial charge in [0.2, 0.25) is 0 Å². The minimum Gasteiger partial charge on any atom is -0.748 e. The summed E-state index contributed by atoms with van der Waals surface area (Å²) in [7, 11) is -4.58. The van der Waals surface area contributed by atoms with E-state index in [2.05, 4.69) is 0 Å². The summed E-state index contributed by atoms with van der Waals surface area (Å²) in [4.78, 5) is 12.3. The van der Waals surface area contributed by atoms with Crippen LogP contribution in [0.2, 0.25) is 0 Å². The minimum atomic E-state index is -4.67. The first kappa shape index (κ1) is 23.4. The van der Waals surface area contributed by atoms with Gasteiger partial charge in [-0.2, -0.15) is 13.2 Å². The molecule has 0 radical (unpaired) electrons. The topological polar surface area (TPSA) is 92.7 Å². The van der Waals surface area contributed by atoms with Gasteiger partial charge in [0.1, 0.15) is 18.0 Å². The van der Waals surface area contributed by atoms with Gasteiger partial charge in [0.15, 0.2) is 0 Å². The Morgan fingerprint density at radius 3 is 2.62 bits per heavy atom. The molecule has 0 spiro atoms. The molecule has 178 valence electrons. The van der Waals surface area contributed by atoms with Gasteiger partial charge in [-0.05, 0) is 68.1 Å². The number of carbonyl (C=O) groups is 1. The highest BCUT2D eigenvalue weighted by Crippen LogP contribution is 2.64. The highest BCUT2D eigenvalue weighted by atomic mass is 32.2. The first-order chi connectivity index (χ1) is 14.9. The van der Waals surface area contributed by atoms with Gasteiger partial charge in [-0.25, -0.2) is 13.2 Å². The average Bonchev–Trinajstić information content (AvgIpc) is 3.38. The minimum absolute atomic E-state index is 0.190. The SMILES string of the molecule is CCC1(Oc2cc(C(=O)OCCS(=O)(=O)[O-])ccc2C(F)(F)F)CC2CC1C1CCCC21. The van der Waals surface area contributed by atoms with Crippen LogP contribution in [-0.2, 0) is 21.0 Å². The summed E-state index contributed by atoms with van der Waals surface area (Å²) in [6.07, 6.45) is 0.994. The fraction of sp³-hybridized carbons (Fsp3) is 0.682. The molecule has 10 heteroatoms. The van der Waals surface area contributed by atoms with Crippen molar-refractivity contribution in [3.8, 4) is 5.75 Å². The molecule has 3 saturated carbocycles. The predicted molar refractivity (Wildman–Crippen MR) is 107 cm³/mol. The molecule has 3 aliphatic rings. The lowest BCUT2D eigenvalue weighted by Crippen LogP contribution is -2.46. The molecule has 5 unspecified atom stereocenters. The number of fused-ring (bicyclic) bond motifs is 5. The summed E-state index contributed by atoms with van der Waals surface area (Å²) in [5.74, 6) is -0.552. The number of esters is 1. The summed E-state index contributed by atoms with van der Waals surface area (Å²) in [5.41, 5.74) is -1.85. The van der Waals surface area contributed by atoms with Crippen molar-refractivity contribution >= 4 is 16.1 Å². The van der Waals surface area contributed by atoms with E-state index >= 15 is 0 Å². The monoisotopic (exact) mass is 475 g/mol. The third-order valence-electron chi connectivity index (χ3n) is 7.59. The van der Waals surface area contributed by atoms with Crippen molar-refractivity contribution in [2.75, 3.05) is 12.4 Å². The smallest absolute Gasteiger partial charge is 0.419 e. The molecule has 0 heterocycles. The summed E-state index contributed by atoms with van der Waals surface area (Å²) in [6, 6.07) is 2.77. The molecule has 0 aromatic heterocycles. The van der Waals surface area contributed by atoms with Crippen molar-refractivity contribution in [3.63, 3.8) is 0 Å². The van der Waals surface area contributed by atoms with Crippen LogP contribution in [0, 0.1) is 23.7 Å². The second-order valence-corrected chi connectivity index (χ2v) is 10.7. The zero-order valence-corrected chi connectivity index (χ0v) is 18.5. The number of rotatable bonds is 7. The molecule has 3 aliphatic carbocycles. The molecule has 32 heavy (non-hydrogen) atoms. The van der Waals surface area contributed by atoms with E-state index in [4.69, 9.17) is 9.47 Å². The molecular formula is C22H26F3O6S-. The Morgan fingerprint density at radius 2 is 1.97 bits per heavy atom. The van der Waals surface area contributed by atoms with E-state index in [0.717, 1.165) is 37.5 Å². The Morgan fingerprint density at radius 1 is 1.25 bits per heavy atom. The van der Waals surface area contributed by atoms with E-state index in [0.29, 0.717) is 30.6 Å². The lowest BCUT2D eigenvalue weighted by molar-refractivity contribution is -0.141. The van der Waals surface area contributed by atoms with Gasteiger partial charge in [0, 0.05) is 5.92 Å². The molecule has 0 amide bonds. The first-order valence-corrected chi connectivity index (χ1v) is 12.5. The summed E-state index contributed by atoms with van der Waals surface area (Å²) >= 11 is 0. The molecule has 1 aromatic rings. The molecule has 0 aliphatic heterocycles. The van der Waals surface area contributed by atoms with Crippen molar-refractivity contribution in [1.82, 2.24) is 0 Å². The molecule has 2 bridgehead atoms. The number of benzene rings is 1. The number of alkyl halides is 3. The maximum Gasteiger partial charge on any atom is 0.419 e. The highest BCUT2D eigenvalue weighted by Gasteiger charge is 2.61. The highest BCUT2D eigenvalue weighted by molar-refractivity contribution is 7.85. The van der Waals surface area contributed by atoms with Gasteiger partial charge < -0.3 is 14.0 Å². The zero-order chi connectivity index (χ0) is 23.3. The van der Waals surface area contributed by atoms with E-state index in [-0.39, 0.29) is 11.5 Å². The lowest BCUT2D eigenvalue weighted by Gasteiger charge is -2.43. The van der Waals surface area contributed by atoms with Crippen LogP contribution in [0.4, 0.5) is 13.2 Å². The van der Waals surface area contributed by atoms with Gasteiger partial charge in [0.25, 0.3) is 0 Å². The second kappa shape index (κ2) is 8.20. The molecule has 4 rings (SSSR count). The number of halogens is 3. The Hall–Kier alpha value is -1.81. The van der Waals surface area contributed by atoms with Crippen molar-refractivity contribution < 1.29 is 40.4 Å². The van der Waals surface area contributed by atoms with Crippen molar-refractivity contribution in [1.29, 1.82) is 0 Å². The predicted octanol–water partition coefficient (Wildman–Crippen LogP) is 4.39. The van der Waals surface area contributed by atoms with Crippen LogP contribution in [-0.4, -0.2) is 36.9 Å². The lowest BCUT2D eigenvalue weighted by atomic mass is 9.71. The van der Waals surface area contributed by atoms with E-state index in [1.807, 2.05) is 6.92 Å². The van der Waals surface area contributed by atoms with Crippen molar-refractivity contribution in [2.45, 2.75) is 57.2 Å². The fourth-order valence-electron chi connectivity index (χ4n) is 6.32. The van der Waals surface area contributed by atoms with Crippen LogP contribution < -0.4 is 4.74 Å². The molecule has 0 saturated heterocycles. The second-order valence-electron chi connectivity index (χ2n) is 9.19. The quantitative estimate of drug-likeness (QED) is 0.429. The average molecular weight is 476 g/mol. The Balaban J connectivity index is 1.60. The van der Waals surface area contributed by atoms with Crippen LogP contribution in [0.3, 0.4) is 0 Å². The molecule has 1 aromatic carbocycles. The van der Waals surface area contributed by atoms with Crippen LogP contribution >= 0.6 is 0 Å². The standard InChI is InChI=1S/C22H27F3O6S/c1-2-21(12-14-10-18(21)16-5-3-4-15(14)16)31-19-11-13(6-7-17(19)22(23,24)25)20(26)30-8-9-32(27,28)29/h6-7,11,14-16,18H,2-5,8-10,12H2,1H3,(H,27,28,29)/p-1. The summed E-state index contributed by atoms with van der Waals surface area (Å²) in [6.45, 7) is 1.26. The zero-order valence-electron chi connectivity index (χ0n) is 17.7.